The van der Waals surface area contributed by atoms with E-state index in [1.165, 1.54) is 19.3 Å². The molecule has 0 aromatic heterocycles. The molecule has 0 heterocycles. The lowest BCUT2D eigenvalue weighted by Gasteiger charge is -2.12. The van der Waals surface area contributed by atoms with E-state index in [9.17, 15) is 0 Å². The second-order valence-corrected chi connectivity index (χ2v) is 4.12. The smallest absolute Gasteiger partial charge is 0.0249 e. The van der Waals surface area contributed by atoms with Gasteiger partial charge in [-0.05, 0) is 31.1 Å². The van der Waals surface area contributed by atoms with Crippen LogP contribution in [0.15, 0.2) is 12.7 Å². The van der Waals surface area contributed by atoms with E-state index in [-0.39, 0.29) is 0 Å². The molecule has 0 nitrogen and oxygen atoms in total. The van der Waals surface area contributed by atoms with Crippen molar-refractivity contribution in [2.75, 3.05) is 5.88 Å². The predicted octanol–water partition coefficient (Wildman–Crippen LogP) is 4.24. The van der Waals surface area contributed by atoms with Crippen molar-refractivity contribution in [2.45, 2.75) is 39.5 Å². The number of allylic oxidation sites excluding steroid dienone is 1. The third-order valence-corrected chi connectivity index (χ3v) is 2.81. The van der Waals surface area contributed by atoms with Gasteiger partial charge < -0.3 is 0 Å². The van der Waals surface area contributed by atoms with Crippen molar-refractivity contribution < 1.29 is 0 Å². The van der Waals surface area contributed by atoms with E-state index in [0.717, 1.165) is 18.2 Å². The lowest BCUT2D eigenvalue weighted by Crippen LogP contribution is -2.01. The summed E-state index contributed by atoms with van der Waals surface area (Å²) in [6.07, 6.45) is 7.00. The van der Waals surface area contributed by atoms with Crippen molar-refractivity contribution in [3.8, 4) is 0 Å². The molecule has 0 aliphatic rings. The van der Waals surface area contributed by atoms with Gasteiger partial charge in [-0.15, -0.1) is 18.2 Å². The number of halogens is 1. The highest BCUT2D eigenvalue weighted by Gasteiger charge is 2.04. The summed E-state index contributed by atoms with van der Waals surface area (Å²) in [5.74, 6) is 2.31. The zero-order chi connectivity index (χ0) is 9.40. The second kappa shape index (κ2) is 7.67. The van der Waals surface area contributed by atoms with Crippen LogP contribution in [0.5, 0.6) is 0 Å². The van der Waals surface area contributed by atoms with Gasteiger partial charge in [0, 0.05) is 5.88 Å². The van der Waals surface area contributed by atoms with Crippen molar-refractivity contribution >= 4 is 11.6 Å². The Morgan fingerprint density at radius 3 is 2.25 bits per heavy atom. The molecule has 0 saturated heterocycles. The van der Waals surface area contributed by atoms with Crippen LogP contribution in [0.3, 0.4) is 0 Å². The maximum Gasteiger partial charge on any atom is 0.0249 e. The minimum Gasteiger partial charge on any atom is -0.126 e. The Bertz CT molecular complexity index is 110. The Morgan fingerprint density at radius 1 is 1.17 bits per heavy atom. The van der Waals surface area contributed by atoms with Crippen molar-refractivity contribution in [3.63, 3.8) is 0 Å². The number of hydrogen-bond acceptors (Lipinski definition) is 0. The van der Waals surface area contributed by atoms with Gasteiger partial charge in [0.1, 0.15) is 0 Å². The monoisotopic (exact) mass is 188 g/mol. The van der Waals surface area contributed by atoms with E-state index < -0.39 is 0 Å². The molecular formula is C11H21Cl. The highest BCUT2D eigenvalue weighted by atomic mass is 35.5. The fourth-order valence-electron chi connectivity index (χ4n) is 1.19. The summed E-state index contributed by atoms with van der Waals surface area (Å²) in [5, 5.41) is 0. The molecule has 0 aliphatic heterocycles. The highest BCUT2D eigenvalue weighted by molar-refractivity contribution is 6.18. The summed E-state index contributed by atoms with van der Waals surface area (Å²) in [4.78, 5) is 0. The van der Waals surface area contributed by atoms with Crippen molar-refractivity contribution in [2.24, 2.45) is 11.8 Å². The number of hydrogen-bond donors (Lipinski definition) is 0. The van der Waals surface area contributed by atoms with Crippen LogP contribution in [-0.2, 0) is 0 Å². The van der Waals surface area contributed by atoms with Crippen LogP contribution in [0.4, 0.5) is 0 Å². The van der Waals surface area contributed by atoms with Crippen LogP contribution in [0.1, 0.15) is 39.5 Å². The zero-order valence-corrected chi connectivity index (χ0v) is 9.11. The van der Waals surface area contributed by atoms with E-state index in [4.69, 9.17) is 11.6 Å². The first kappa shape index (κ1) is 12.0. The van der Waals surface area contributed by atoms with E-state index in [1.54, 1.807) is 0 Å². The van der Waals surface area contributed by atoms with E-state index in [0.29, 0.717) is 5.92 Å². The quantitative estimate of drug-likeness (QED) is 0.414. The Kier molecular flexibility index (Phi) is 7.69. The van der Waals surface area contributed by atoms with Crippen LogP contribution in [0.2, 0.25) is 0 Å². The lowest BCUT2D eigenvalue weighted by atomic mass is 9.95. The summed E-state index contributed by atoms with van der Waals surface area (Å²) in [6.45, 7) is 8.25. The normalized spacial score (nSPS) is 15.6. The SMILES string of the molecule is C=CCCC(C)CCC(C)CCl. The molecule has 1 heteroatoms. The summed E-state index contributed by atoms with van der Waals surface area (Å²) < 4.78 is 0. The van der Waals surface area contributed by atoms with Crippen molar-refractivity contribution in [1.82, 2.24) is 0 Å². The molecule has 0 aromatic carbocycles. The first-order chi connectivity index (χ1) is 5.70. The number of alkyl halides is 1. The van der Waals surface area contributed by atoms with Crippen LogP contribution >= 0.6 is 11.6 Å². The molecule has 0 N–H and O–H groups in total. The molecule has 0 bridgehead atoms. The van der Waals surface area contributed by atoms with Crippen molar-refractivity contribution in [3.05, 3.63) is 12.7 Å². The van der Waals surface area contributed by atoms with E-state index >= 15 is 0 Å². The van der Waals surface area contributed by atoms with Crippen LogP contribution in [0.25, 0.3) is 0 Å². The average molecular weight is 189 g/mol. The molecule has 2 atom stereocenters. The molecule has 12 heavy (non-hydrogen) atoms. The number of rotatable bonds is 7. The summed E-state index contributed by atoms with van der Waals surface area (Å²) >= 11 is 5.72. The summed E-state index contributed by atoms with van der Waals surface area (Å²) in [5.41, 5.74) is 0. The molecule has 0 spiro atoms. The van der Waals surface area contributed by atoms with Gasteiger partial charge in [-0.3, -0.25) is 0 Å². The third kappa shape index (κ3) is 6.72. The van der Waals surface area contributed by atoms with Crippen LogP contribution in [0, 0.1) is 11.8 Å². The Labute approximate surface area is 82.0 Å². The first-order valence-corrected chi connectivity index (χ1v) is 5.41. The predicted molar refractivity (Wildman–Crippen MR) is 57.7 cm³/mol. The largest absolute Gasteiger partial charge is 0.126 e. The van der Waals surface area contributed by atoms with E-state index in [2.05, 4.69) is 20.4 Å². The molecule has 0 fully saturated rings. The Hall–Kier alpha value is 0.0300. The van der Waals surface area contributed by atoms with Crippen LogP contribution in [-0.4, -0.2) is 5.88 Å². The van der Waals surface area contributed by atoms with Gasteiger partial charge in [0.25, 0.3) is 0 Å². The van der Waals surface area contributed by atoms with Gasteiger partial charge in [-0.1, -0.05) is 26.3 Å². The van der Waals surface area contributed by atoms with Gasteiger partial charge in [-0.25, -0.2) is 0 Å². The Morgan fingerprint density at radius 2 is 1.75 bits per heavy atom. The fourth-order valence-corrected chi connectivity index (χ4v) is 1.35. The highest BCUT2D eigenvalue weighted by Crippen LogP contribution is 2.17. The molecule has 72 valence electrons. The molecular weight excluding hydrogens is 168 g/mol. The maximum atomic E-state index is 5.72. The van der Waals surface area contributed by atoms with Gasteiger partial charge in [-0.2, -0.15) is 0 Å². The fraction of sp³-hybridized carbons (Fsp3) is 0.818. The topological polar surface area (TPSA) is 0 Å². The van der Waals surface area contributed by atoms with Crippen LogP contribution < -0.4 is 0 Å². The molecule has 0 amide bonds. The molecule has 0 aliphatic carbocycles. The molecule has 0 saturated carbocycles. The van der Waals surface area contributed by atoms with Gasteiger partial charge >= 0.3 is 0 Å². The second-order valence-electron chi connectivity index (χ2n) is 3.81. The van der Waals surface area contributed by atoms with Gasteiger partial charge in [0.05, 0.1) is 0 Å². The maximum absolute atomic E-state index is 5.72. The minimum atomic E-state index is 0.679. The van der Waals surface area contributed by atoms with E-state index in [1.807, 2.05) is 6.08 Å². The van der Waals surface area contributed by atoms with Crippen molar-refractivity contribution in [1.29, 1.82) is 0 Å². The summed E-state index contributed by atoms with van der Waals surface area (Å²) in [7, 11) is 0. The first-order valence-electron chi connectivity index (χ1n) is 4.87. The minimum absolute atomic E-state index is 0.679. The van der Waals surface area contributed by atoms with Gasteiger partial charge in [0.2, 0.25) is 0 Å². The average Bonchev–Trinajstić information content (AvgIpc) is 2.10. The molecule has 2 unspecified atom stereocenters. The lowest BCUT2D eigenvalue weighted by molar-refractivity contribution is 0.433. The molecule has 0 rings (SSSR count). The third-order valence-electron chi connectivity index (χ3n) is 2.28. The zero-order valence-electron chi connectivity index (χ0n) is 8.35. The Balaban J connectivity index is 3.29. The standard InChI is InChI=1S/C11H21Cl/c1-4-5-6-10(2)7-8-11(3)9-12/h4,10-11H,1,5-9H2,2-3H3. The molecule has 0 radical (unpaired) electrons. The molecule has 0 aromatic rings. The summed E-state index contributed by atoms with van der Waals surface area (Å²) in [6, 6.07) is 0. The van der Waals surface area contributed by atoms with Gasteiger partial charge in [0.15, 0.2) is 0 Å².